The highest BCUT2D eigenvalue weighted by Crippen LogP contribution is 2.31. The van der Waals surface area contributed by atoms with Gasteiger partial charge in [-0.15, -0.1) is 0 Å². The third-order valence-electron chi connectivity index (χ3n) is 3.94. The summed E-state index contributed by atoms with van der Waals surface area (Å²) in [6, 6.07) is -0.824. The number of likely N-dealkylation sites (tertiary alicyclic amines) is 1. The van der Waals surface area contributed by atoms with Crippen LogP contribution in [0.1, 0.15) is 50.8 Å². The number of nitrogens with zero attached hydrogens (tertiary/aromatic N) is 5. The maximum atomic E-state index is 12.6. The number of carbonyl (C=O) groups excluding carboxylic acids is 1. The number of carbonyl (C=O) groups is 1. The van der Waals surface area contributed by atoms with Gasteiger partial charge in [0.2, 0.25) is 5.89 Å². The molecule has 0 aromatic carbocycles. The molecule has 134 valence electrons. The zero-order valence-corrected chi connectivity index (χ0v) is 14.7. The first kappa shape index (κ1) is 17.3. The molecule has 25 heavy (non-hydrogen) atoms. The fourth-order valence-corrected chi connectivity index (χ4v) is 2.70. The fourth-order valence-electron chi connectivity index (χ4n) is 2.70. The van der Waals surface area contributed by atoms with Crippen molar-refractivity contribution >= 4 is 11.7 Å². The molecule has 1 aliphatic heterocycles. The molecule has 3 heterocycles. The number of amides is 2. The minimum absolute atomic E-state index is 0.164. The van der Waals surface area contributed by atoms with Gasteiger partial charge in [-0.25, -0.2) is 14.8 Å². The molecule has 2 N–H and O–H groups in total. The predicted molar refractivity (Wildman–Crippen MR) is 88.9 cm³/mol. The number of β-amino-alcohol motifs (C(OH)–C–C–N with tert-alkyl or cyclic N) is 1. The predicted octanol–water partition coefficient (Wildman–Crippen LogP) is 1.81. The molecule has 2 atom stereocenters. The first-order chi connectivity index (χ1) is 11.7. The summed E-state index contributed by atoms with van der Waals surface area (Å²) >= 11 is 0. The van der Waals surface area contributed by atoms with Crippen molar-refractivity contribution < 1.29 is 14.4 Å². The normalized spacial score (nSPS) is 20.8. The number of anilines is 1. The molecule has 0 unspecified atom stereocenters. The second kappa shape index (κ2) is 6.40. The van der Waals surface area contributed by atoms with Crippen molar-refractivity contribution in [2.75, 3.05) is 11.9 Å². The topological polar surface area (TPSA) is 117 Å². The SMILES string of the molecule is Cc1noc([C@H]2C[C@@H](O)CN2C(=O)Nc2cnc(C(C)(C)C)nc2)n1. The van der Waals surface area contributed by atoms with Crippen molar-refractivity contribution in [3.63, 3.8) is 0 Å². The Kier molecular flexibility index (Phi) is 4.42. The summed E-state index contributed by atoms with van der Waals surface area (Å²) in [5.74, 6) is 1.51. The Morgan fingerprint density at radius 2 is 2.04 bits per heavy atom. The Bertz CT molecular complexity index is 752. The van der Waals surface area contributed by atoms with Crippen LogP contribution in [0.5, 0.6) is 0 Å². The smallest absolute Gasteiger partial charge is 0.322 e. The molecule has 2 amide bonds. The summed E-state index contributed by atoms with van der Waals surface area (Å²) in [7, 11) is 0. The lowest BCUT2D eigenvalue weighted by Crippen LogP contribution is -2.35. The third-order valence-corrected chi connectivity index (χ3v) is 3.94. The highest BCUT2D eigenvalue weighted by molar-refractivity contribution is 5.89. The number of nitrogens with one attached hydrogen (secondary N) is 1. The average Bonchev–Trinajstić information content (AvgIpc) is 3.12. The summed E-state index contributed by atoms with van der Waals surface area (Å²) in [4.78, 5) is 26.8. The van der Waals surface area contributed by atoms with Gasteiger partial charge < -0.3 is 19.8 Å². The van der Waals surface area contributed by atoms with E-state index in [4.69, 9.17) is 4.52 Å². The van der Waals surface area contributed by atoms with E-state index < -0.39 is 12.1 Å². The zero-order valence-electron chi connectivity index (χ0n) is 14.7. The van der Waals surface area contributed by atoms with E-state index in [1.165, 1.54) is 4.90 Å². The summed E-state index contributed by atoms with van der Waals surface area (Å²) in [5.41, 5.74) is 0.322. The van der Waals surface area contributed by atoms with E-state index in [1.807, 2.05) is 20.8 Å². The fraction of sp³-hybridized carbons (Fsp3) is 0.562. The van der Waals surface area contributed by atoms with E-state index >= 15 is 0 Å². The lowest BCUT2D eigenvalue weighted by atomic mass is 9.96. The van der Waals surface area contributed by atoms with Gasteiger partial charge in [0.15, 0.2) is 5.82 Å². The molecular weight excluding hydrogens is 324 g/mol. The van der Waals surface area contributed by atoms with Crippen LogP contribution in [0, 0.1) is 6.92 Å². The van der Waals surface area contributed by atoms with E-state index in [1.54, 1.807) is 19.3 Å². The van der Waals surface area contributed by atoms with Crippen LogP contribution < -0.4 is 5.32 Å². The van der Waals surface area contributed by atoms with Gasteiger partial charge >= 0.3 is 6.03 Å². The van der Waals surface area contributed by atoms with Crippen molar-refractivity contribution in [3.05, 3.63) is 29.9 Å². The summed E-state index contributed by atoms with van der Waals surface area (Å²) in [6.45, 7) is 7.95. The lowest BCUT2D eigenvalue weighted by molar-refractivity contribution is 0.174. The third kappa shape index (κ3) is 3.76. The van der Waals surface area contributed by atoms with E-state index in [9.17, 15) is 9.90 Å². The Morgan fingerprint density at radius 1 is 1.36 bits per heavy atom. The van der Waals surface area contributed by atoms with Gasteiger partial charge in [0.1, 0.15) is 11.9 Å². The molecule has 0 radical (unpaired) electrons. The second-order valence-corrected chi connectivity index (χ2v) is 7.21. The summed E-state index contributed by atoms with van der Waals surface area (Å²) in [5, 5.41) is 16.4. The monoisotopic (exact) mass is 346 g/mol. The Balaban J connectivity index is 1.73. The minimum Gasteiger partial charge on any atom is -0.391 e. The quantitative estimate of drug-likeness (QED) is 0.851. The molecule has 0 saturated carbocycles. The number of aryl methyl sites for hydroxylation is 1. The Hall–Kier alpha value is -2.55. The second-order valence-electron chi connectivity index (χ2n) is 7.21. The van der Waals surface area contributed by atoms with Crippen LogP contribution in [0.15, 0.2) is 16.9 Å². The summed E-state index contributed by atoms with van der Waals surface area (Å²) < 4.78 is 5.16. The molecule has 2 aromatic heterocycles. The molecule has 1 aliphatic rings. The maximum absolute atomic E-state index is 12.6. The number of aliphatic hydroxyl groups excluding tert-OH is 1. The van der Waals surface area contributed by atoms with Gasteiger partial charge in [-0.1, -0.05) is 25.9 Å². The van der Waals surface area contributed by atoms with Crippen LogP contribution >= 0.6 is 0 Å². The molecular formula is C16H22N6O3. The zero-order chi connectivity index (χ0) is 18.2. The molecule has 2 aromatic rings. The number of rotatable bonds is 2. The first-order valence-electron chi connectivity index (χ1n) is 8.12. The van der Waals surface area contributed by atoms with Gasteiger partial charge in [0.25, 0.3) is 0 Å². The van der Waals surface area contributed by atoms with Crippen molar-refractivity contribution in [1.29, 1.82) is 0 Å². The van der Waals surface area contributed by atoms with Crippen LogP contribution in [0.3, 0.4) is 0 Å². The Labute approximate surface area is 145 Å². The molecule has 9 heteroatoms. The average molecular weight is 346 g/mol. The molecule has 0 spiro atoms. The van der Waals surface area contributed by atoms with Gasteiger partial charge in [0.05, 0.1) is 24.2 Å². The van der Waals surface area contributed by atoms with E-state index in [0.29, 0.717) is 29.6 Å². The number of urea groups is 1. The van der Waals surface area contributed by atoms with Crippen molar-refractivity contribution in [2.24, 2.45) is 0 Å². The van der Waals surface area contributed by atoms with E-state index in [-0.39, 0.29) is 18.0 Å². The molecule has 1 fully saturated rings. The Morgan fingerprint density at radius 3 is 2.60 bits per heavy atom. The van der Waals surface area contributed by atoms with Crippen LogP contribution in [-0.2, 0) is 5.41 Å². The maximum Gasteiger partial charge on any atom is 0.322 e. The number of aromatic nitrogens is 4. The molecule has 1 saturated heterocycles. The van der Waals surface area contributed by atoms with Crippen LogP contribution in [0.4, 0.5) is 10.5 Å². The minimum atomic E-state index is -0.637. The number of aliphatic hydroxyl groups is 1. The van der Waals surface area contributed by atoms with Crippen LogP contribution in [0.2, 0.25) is 0 Å². The van der Waals surface area contributed by atoms with Gasteiger partial charge in [-0.2, -0.15) is 4.98 Å². The standard InChI is InChI=1S/C16H22N6O3/c1-9-19-13(25-21-9)12-5-11(23)8-22(12)15(24)20-10-6-17-14(18-7-10)16(2,3)4/h6-7,11-12,23H,5,8H2,1-4H3,(H,20,24)/t11-,12-/m1/s1. The highest BCUT2D eigenvalue weighted by Gasteiger charge is 2.38. The van der Waals surface area contributed by atoms with Crippen molar-refractivity contribution in [1.82, 2.24) is 25.0 Å². The lowest BCUT2D eigenvalue weighted by Gasteiger charge is -2.22. The molecule has 0 aliphatic carbocycles. The largest absolute Gasteiger partial charge is 0.391 e. The van der Waals surface area contributed by atoms with Gasteiger partial charge in [-0.3, -0.25) is 0 Å². The molecule has 3 rings (SSSR count). The van der Waals surface area contributed by atoms with E-state index in [2.05, 4.69) is 25.4 Å². The van der Waals surface area contributed by atoms with Crippen molar-refractivity contribution in [3.8, 4) is 0 Å². The van der Waals surface area contributed by atoms with Gasteiger partial charge in [0, 0.05) is 18.4 Å². The number of hydrogen-bond acceptors (Lipinski definition) is 7. The van der Waals surface area contributed by atoms with Crippen molar-refractivity contribution in [2.45, 2.75) is 51.7 Å². The van der Waals surface area contributed by atoms with Crippen LogP contribution in [0.25, 0.3) is 0 Å². The highest BCUT2D eigenvalue weighted by atomic mass is 16.5. The first-order valence-corrected chi connectivity index (χ1v) is 8.12. The van der Waals surface area contributed by atoms with Gasteiger partial charge in [-0.05, 0) is 6.92 Å². The van der Waals surface area contributed by atoms with E-state index in [0.717, 1.165) is 0 Å². The number of hydrogen-bond donors (Lipinski definition) is 2. The van der Waals surface area contributed by atoms with Crippen LogP contribution in [-0.4, -0.2) is 48.8 Å². The molecule has 0 bridgehead atoms. The summed E-state index contributed by atoms with van der Waals surface area (Å²) in [6.07, 6.45) is 2.87. The molecule has 9 nitrogen and oxygen atoms in total.